The highest BCUT2D eigenvalue weighted by Crippen LogP contribution is 2.43. The highest BCUT2D eigenvalue weighted by Gasteiger charge is 2.42. The van der Waals surface area contributed by atoms with E-state index < -0.39 is 11.6 Å². The number of hydrogen-bond donors (Lipinski definition) is 2. The third-order valence-electron chi connectivity index (χ3n) is 4.63. The first kappa shape index (κ1) is 19.7. The Labute approximate surface area is 162 Å². The summed E-state index contributed by atoms with van der Waals surface area (Å²) in [6, 6.07) is 7.29. The molecule has 0 saturated heterocycles. The van der Waals surface area contributed by atoms with Gasteiger partial charge in [-0.1, -0.05) is 6.07 Å². The molecule has 3 rings (SSSR count). The number of halogens is 2. The van der Waals surface area contributed by atoms with Crippen molar-refractivity contribution in [2.75, 3.05) is 33.7 Å². The molecule has 0 heterocycles. The molecule has 0 aromatic heterocycles. The predicted octanol–water partition coefficient (Wildman–Crippen LogP) is 3.53. The topological polar surface area (TPSA) is 64.1 Å². The summed E-state index contributed by atoms with van der Waals surface area (Å²) < 4.78 is 43.9. The van der Waals surface area contributed by atoms with Crippen molar-refractivity contribution in [2.45, 2.75) is 18.4 Å². The number of hydrogen-bond acceptors (Lipinski definition) is 4. The van der Waals surface area contributed by atoms with E-state index in [1.54, 1.807) is 19.2 Å². The van der Waals surface area contributed by atoms with Gasteiger partial charge in [0.15, 0.2) is 17.5 Å². The Bertz CT molecular complexity index is 844. The second-order valence-electron chi connectivity index (χ2n) is 6.34. The van der Waals surface area contributed by atoms with Gasteiger partial charge in [-0.25, -0.2) is 8.78 Å². The van der Waals surface area contributed by atoms with E-state index in [0.717, 1.165) is 0 Å². The van der Waals surface area contributed by atoms with Gasteiger partial charge in [0.05, 0.1) is 21.3 Å². The molecule has 150 valence electrons. The lowest BCUT2D eigenvalue weighted by molar-refractivity contribution is 0.324. The van der Waals surface area contributed by atoms with Gasteiger partial charge in [0, 0.05) is 42.4 Å². The van der Waals surface area contributed by atoms with Crippen molar-refractivity contribution >= 4 is 11.6 Å². The molecule has 1 saturated carbocycles. The first-order valence-electron chi connectivity index (χ1n) is 8.76. The summed E-state index contributed by atoms with van der Waals surface area (Å²) >= 11 is 0. The number of benzene rings is 2. The van der Waals surface area contributed by atoms with Gasteiger partial charge in [-0.05, 0) is 18.6 Å². The van der Waals surface area contributed by atoms with Crippen molar-refractivity contribution in [2.24, 2.45) is 4.99 Å². The average molecular weight is 391 g/mol. The highest BCUT2D eigenvalue weighted by molar-refractivity contribution is 5.94. The summed E-state index contributed by atoms with van der Waals surface area (Å²) in [7, 11) is 6.22. The standard InChI is InChI=1S/C20H23F2N3O3/c1-23-20(24-11-8-16(26-2)19(28-4)17(9-11)27-3)25-15-10-12(15)18-13(21)6-5-7-14(18)22/h5-9,12,15H,10H2,1-4H3,(H2,23,24,25). The van der Waals surface area contributed by atoms with Gasteiger partial charge in [-0.15, -0.1) is 0 Å². The maximum atomic E-state index is 14.0. The van der Waals surface area contributed by atoms with E-state index in [2.05, 4.69) is 15.6 Å². The lowest BCUT2D eigenvalue weighted by atomic mass is 10.1. The molecule has 2 aromatic carbocycles. The van der Waals surface area contributed by atoms with Gasteiger partial charge in [0.2, 0.25) is 5.75 Å². The quantitative estimate of drug-likeness (QED) is 0.583. The molecular formula is C20H23F2N3O3. The minimum absolute atomic E-state index is 0.111. The van der Waals surface area contributed by atoms with Crippen LogP contribution < -0.4 is 24.8 Å². The Hall–Kier alpha value is -3.03. The van der Waals surface area contributed by atoms with E-state index >= 15 is 0 Å². The van der Waals surface area contributed by atoms with Crippen molar-refractivity contribution in [3.8, 4) is 17.2 Å². The molecule has 0 bridgehead atoms. The fourth-order valence-electron chi connectivity index (χ4n) is 3.16. The maximum absolute atomic E-state index is 14.0. The van der Waals surface area contributed by atoms with Crippen LogP contribution in [0.1, 0.15) is 17.9 Å². The van der Waals surface area contributed by atoms with Crippen molar-refractivity contribution in [3.05, 3.63) is 47.5 Å². The van der Waals surface area contributed by atoms with E-state index in [1.807, 2.05) is 0 Å². The zero-order valence-corrected chi connectivity index (χ0v) is 16.2. The van der Waals surface area contributed by atoms with Crippen LogP contribution in [0.5, 0.6) is 17.2 Å². The molecule has 2 unspecified atom stereocenters. The number of nitrogens with one attached hydrogen (secondary N) is 2. The van der Waals surface area contributed by atoms with Crippen LogP contribution in [0.25, 0.3) is 0 Å². The Morgan fingerprint density at radius 3 is 2.14 bits per heavy atom. The van der Waals surface area contributed by atoms with Crippen molar-refractivity contribution in [1.82, 2.24) is 5.32 Å². The fourth-order valence-corrected chi connectivity index (χ4v) is 3.16. The van der Waals surface area contributed by atoms with Crippen LogP contribution >= 0.6 is 0 Å². The number of anilines is 1. The monoisotopic (exact) mass is 391 g/mol. The van der Waals surface area contributed by atoms with Crippen molar-refractivity contribution < 1.29 is 23.0 Å². The Morgan fingerprint density at radius 1 is 1.04 bits per heavy atom. The molecular weight excluding hydrogens is 368 g/mol. The average Bonchev–Trinajstić information content (AvgIpc) is 3.44. The first-order valence-corrected chi connectivity index (χ1v) is 8.76. The van der Waals surface area contributed by atoms with Gasteiger partial charge < -0.3 is 24.8 Å². The smallest absolute Gasteiger partial charge is 0.203 e. The molecule has 1 aliphatic rings. The summed E-state index contributed by atoms with van der Waals surface area (Å²) in [6.07, 6.45) is 0.619. The molecule has 2 atom stereocenters. The molecule has 0 aliphatic heterocycles. The summed E-state index contributed by atoms with van der Waals surface area (Å²) in [6.45, 7) is 0. The van der Waals surface area contributed by atoms with Crippen LogP contribution in [0.3, 0.4) is 0 Å². The third-order valence-corrected chi connectivity index (χ3v) is 4.63. The SMILES string of the molecule is CN=C(Nc1cc(OC)c(OC)c(OC)c1)NC1CC1c1c(F)cccc1F. The van der Waals surface area contributed by atoms with Gasteiger partial charge in [-0.2, -0.15) is 0 Å². The maximum Gasteiger partial charge on any atom is 0.203 e. The van der Waals surface area contributed by atoms with E-state index in [4.69, 9.17) is 14.2 Å². The van der Waals surface area contributed by atoms with Crippen LogP contribution in [0.4, 0.5) is 14.5 Å². The van der Waals surface area contributed by atoms with Crippen molar-refractivity contribution in [3.63, 3.8) is 0 Å². The molecule has 2 aromatic rings. The van der Waals surface area contributed by atoms with Gasteiger partial charge in [-0.3, -0.25) is 4.99 Å². The van der Waals surface area contributed by atoms with Crippen LogP contribution in [0, 0.1) is 11.6 Å². The Balaban J connectivity index is 1.73. The summed E-state index contributed by atoms with van der Waals surface area (Å²) in [5.74, 6) is 0.660. The number of ether oxygens (including phenoxy) is 3. The molecule has 1 aliphatic carbocycles. The molecule has 0 radical (unpaired) electrons. The van der Waals surface area contributed by atoms with E-state index in [9.17, 15) is 8.78 Å². The van der Waals surface area contributed by atoms with E-state index in [1.165, 1.54) is 39.5 Å². The highest BCUT2D eigenvalue weighted by atomic mass is 19.1. The normalized spacial score (nSPS) is 18.4. The molecule has 0 amide bonds. The lowest BCUT2D eigenvalue weighted by Gasteiger charge is -2.16. The van der Waals surface area contributed by atoms with Crippen LogP contribution in [0.15, 0.2) is 35.3 Å². The zero-order valence-electron chi connectivity index (χ0n) is 16.2. The number of nitrogens with zero attached hydrogens (tertiary/aromatic N) is 1. The molecule has 28 heavy (non-hydrogen) atoms. The summed E-state index contributed by atoms with van der Waals surface area (Å²) in [5.41, 5.74) is 0.778. The number of aliphatic imine (C=N–C) groups is 1. The van der Waals surface area contributed by atoms with Crippen LogP contribution in [-0.4, -0.2) is 40.4 Å². The third kappa shape index (κ3) is 3.95. The van der Waals surface area contributed by atoms with E-state index in [0.29, 0.717) is 35.3 Å². The lowest BCUT2D eigenvalue weighted by Crippen LogP contribution is -2.33. The second-order valence-corrected chi connectivity index (χ2v) is 6.34. The second kappa shape index (κ2) is 8.33. The van der Waals surface area contributed by atoms with Gasteiger partial charge in [0.1, 0.15) is 11.6 Å². The van der Waals surface area contributed by atoms with Crippen LogP contribution in [0.2, 0.25) is 0 Å². The van der Waals surface area contributed by atoms with Gasteiger partial charge in [0.25, 0.3) is 0 Å². The zero-order chi connectivity index (χ0) is 20.3. The summed E-state index contributed by atoms with van der Waals surface area (Å²) in [5, 5.41) is 6.33. The van der Waals surface area contributed by atoms with E-state index in [-0.39, 0.29) is 17.5 Å². The molecule has 6 nitrogen and oxygen atoms in total. The largest absolute Gasteiger partial charge is 0.493 e. The van der Waals surface area contributed by atoms with Gasteiger partial charge >= 0.3 is 0 Å². The first-order chi connectivity index (χ1) is 13.5. The molecule has 0 spiro atoms. The molecule has 1 fully saturated rings. The Morgan fingerprint density at radius 2 is 1.64 bits per heavy atom. The number of guanidine groups is 1. The minimum Gasteiger partial charge on any atom is -0.493 e. The number of methoxy groups -OCH3 is 3. The minimum atomic E-state index is -0.526. The van der Waals surface area contributed by atoms with Crippen molar-refractivity contribution in [1.29, 1.82) is 0 Å². The Kier molecular flexibility index (Phi) is 5.87. The molecule has 2 N–H and O–H groups in total. The summed E-state index contributed by atoms with van der Waals surface area (Å²) in [4.78, 5) is 4.18. The predicted molar refractivity (Wildman–Crippen MR) is 104 cm³/mol. The number of rotatable bonds is 6. The fraction of sp³-hybridized carbons (Fsp3) is 0.350. The van der Waals surface area contributed by atoms with Crippen LogP contribution in [-0.2, 0) is 0 Å². The molecule has 8 heteroatoms.